The van der Waals surface area contributed by atoms with Gasteiger partial charge >= 0.3 is 5.97 Å². The molecule has 0 fully saturated rings. The average Bonchev–Trinajstić information content (AvgIpc) is 3.21. The number of benzene rings is 2. The summed E-state index contributed by atoms with van der Waals surface area (Å²) in [6.45, 7) is 0.301. The van der Waals surface area contributed by atoms with Crippen LogP contribution in [0.25, 0.3) is 5.69 Å². The minimum absolute atomic E-state index is 0.274. The van der Waals surface area contributed by atoms with Gasteiger partial charge in [0.2, 0.25) is 0 Å². The van der Waals surface area contributed by atoms with Crippen LogP contribution in [0.4, 0.5) is 0 Å². The van der Waals surface area contributed by atoms with Gasteiger partial charge in [-0.2, -0.15) is 0 Å². The molecule has 1 aromatic heterocycles. The molecule has 0 spiro atoms. The Kier molecular flexibility index (Phi) is 4.01. The maximum atomic E-state index is 13.0. The molecular formula is C20H17N3O3. The standard InChI is InChI=1S/C20H17N3O3/c24-19(14-5-7-17(8-6-14)22-10-9-21-13-22)23-12-16-4-2-1-3-15(16)11-18(23)20(25)26/h1-10,13,18H,11-12H2,(H,25,26)/t18-/m1/s1. The first kappa shape index (κ1) is 16.1. The molecule has 0 unspecified atom stereocenters. The van der Waals surface area contributed by atoms with Gasteiger partial charge < -0.3 is 14.6 Å². The van der Waals surface area contributed by atoms with Gasteiger partial charge in [0.05, 0.1) is 6.33 Å². The zero-order valence-corrected chi connectivity index (χ0v) is 13.9. The molecule has 6 heteroatoms. The second-order valence-corrected chi connectivity index (χ2v) is 6.28. The first-order chi connectivity index (χ1) is 12.6. The molecule has 4 rings (SSSR count). The number of carboxylic acid groups (broad SMARTS) is 1. The van der Waals surface area contributed by atoms with E-state index < -0.39 is 12.0 Å². The van der Waals surface area contributed by atoms with E-state index in [0.29, 0.717) is 18.5 Å². The molecule has 1 aliphatic rings. The molecule has 26 heavy (non-hydrogen) atoms. The molecule has 2 aromatic carbocycles. The Morgan fingerprint density at radius 1 is 1.04 bits per heavy atom. The highest BCUT2D eigenvalue weighted by molar-refractivity contribution is 5.97. The smallest absolute Gasteiger partial charge is 0.326 e. The van der Waals surface area contributed by atoms with E-state index in [9.17, 15) is 14.7 Å². The Morgan fingerprint density at radius 2 is 1.77 bits per heavy atom. The van der Waals surface area contributed by atoms with Crippen LogP contribution in [0, 0.1) is 0 Å². The summed E-state index contributed by atoms with van der Waals surface area (Å²) >= 11 is 0. The first-order valence-electron chi connectivity index (χ1n) is 8.32. The van der Waals surface area contributed by atoms with E-state index in [1.807, 2.05) is 47.2 Å². The number of aliphatic carboxylic acids is 1. The molecule has 0 saturated heterocycles. The van der Waals surface area contributed by atoms with E-state index in [1.54, 1.807) is 24.7 Å². The Balaban J connectivity index is 1.63. The van der Waals surface area contributed by atoms with Gasteiger partial charge in [-0.25, -0.2) is 9.78 Å². The Bertz CT molecular complexity index is 949. The van der Waals surface area contributed by atoms with E-state index in [2.05, 4.69) is 4.98 Å². The number of carbonyl (C=O) groups excluding carboxylic acids is 1. The zero-order valence-electron chi connectivity index (χ0n) is 13.9. The van der Waals surface area contributed by atoms with Crippen LogP contribution < -0.4 is 0 Å². The van der Waals surface area contributed by atoms with Crippen molar-refractivity contribution in [2.75, 3.05) is 0 Å². The van der Waals surface area contributed by atoms with E-state index >= 15 is 0 Å². The van der Waals surface area contributed by atoms with E-state index in [0.717, 1.165) is 16.8 Å². The van der Waals surface area contributed by atoms with Crippen LogP contribution in [0.5, 0.6) is 0 Å². The largest absolute Gasteiger partial charge is 0.480 e. The van der Waals surface area contributed by atoms with Gasteiger partial charge in [0.1, 0.15) is 6.04 Å². The van der Waals surface area contributed by atoms with E-state index in [4.69, 9.17) is 0 Å². The van der Waals surface area contributed by atoms with Gasteiger partial charge in [-0.1, -0.05) is 24.3 Å². The fraction of sp³-hybridized carbons (Fsp3) is 0.150. The SMILES string of the molecule is O=C(O)[C@H]1Cc2ccccc2CN1C(=O)c1ccc(-n2ccnc2)cc1. The van der Waals surface area contributed by atoms with Crippen LogP contribution in [0.1, 0.15) is 21.5 Å². The molecule has 1 N–H and O–H groups in total. The molecule has 0 aliphatic carbocycles. The van der Waals surface area contributed by atoms with Crippen molar-refractivity contribution in [3.63, 3.8) is 0 Å². The van der Waals surface area contributed by atoms with Gasteiger partial charge in [-0.05, 0) is 35.4 Å². The van der Waals surface area contributed by atoms with Gasteiger partial charge in [0.15, 0.2) is 0 Å². The van der Waals surface area contributed by atoms with Gasteiger partial charge in [-0.15, -0.1) is 0 Å². The number of carboxylic acids is 1. The molecule has 3 aromatic rings. The lowest BCUT2D eigenvalue weighted by Gasteiger charge is -2.34. The fourth-order valence-electron chi connectivity index (χ4n) is 3.31. The van der Waals surface area contributed by atoms with Crippen LogP contribution >= 0.6 is 0 Å². The molecule has 6 nitrogen and oxygen atoms in total. The second kappa shape index (κ2) is 6.48. The lowest BCUT2D eigenvalue weighted by Crippen LogP contribution is -2.48. The van der Waals surface area contributed by atoms with Crippen LogP contribution in [0.2, 0.25) is 0 Å². The highest BCUT2D eigenvalue weighted by atomic mass is 16.4. The first-order valence-corrected chi connectivity index (χ1v) is 8.32. The number of nitrogens with zero attached hydrogens (tertiary/aromatic N) is 3. The summed E-state index contributed by atoms with van der Waals surface area (Å²) in [6.07, 6.45) is 5.50. The molecule has 2 heterocycles. The number of imidazole rings is 1. The van der Waals surface area contributed by atoms with Crippen LogP contribution in [-0.2, 0) is 17.8 Å². The van der Waals surface area contributed by atoms with Crippen LogP contribution in [0.3, 0.4) is 0 Å². The van der Waals surface area contributed by atoms with Crippen molar-refractivity contribution in [1.29, 1.82) is 0 Å². The third-order valence-corrected chi connectivity index (χ3v) is 4.71. The molecule has 1 amide bonds. The molecular weight excluding hydrogens is 330 g/mol. The zero-order chi connectivity index (χ0) is 18.1. The number of aromatic nitrogens is 2. The maximum absolute atomic E-state index is 13.0. The molecule has 1 atom stereocenters. The Labute approximate surface area is 150 Å². The molecule has 0 bridgehead atoms. The van der Waals surface area contributed by atoms with E-state index in [-0.39, 0.29) is 5.91 Å². The normalized spacial score (nSPS) is 16.2. The Morgan fingerprint density at radius 3 is 2.42 bits per heavy atom. The van der Waals surface area contributed by atoms with Crippen molar-refractivity contribution in [3.8, 4) is 5.69 Å². The minimum Gasteiger partial charge on any atom is -0.480 e. The van der Waals surface area contributed by atoms with Gasteiger partial charge in [-0.3, -0.25) is 4.79 Å². The number of carbonyl (C=O) groups is 2. The third-order valence-electron chi connectivity index (χ3n) is 4.71. The summed E-state index contributed by atoms with van der Waals surface area (Å²) in [5, 5.41) is 9.59. The summed E-state index contributed by atoms with van der Waals surface area (Å²) in [4.78, 5) is 30.1. The molecule has 0 saturated carbocycles. The highest BCUT2D eigenvalue weighted by Gasteiger charge is 2.34. The summed E-state index contributed by atoms with van der Waals surface area (Å²) in [5.41, 5.74) is 3.34. The van der Waals surface area contributed by atoms with Crippen LogP contribution in [-0.4, -0.2) is 37.5 Å². The third kappa shape index (κ3) is 2.86. The highest BCUT2D eigenvalue weighted by Crippen LogP contribution is 2.25. The topological polar surface area (TPSA) is 75.4 Å². The number of amides is 1. The van der Waals surface area contributed by atoms with Crippen molar-refractivity contribution >= 4 is 11.9 Å². The fourth-order valence-corrected chi connectivity index (χ4v) is 3.31. The summed E-state index contributed by atoms with van der Waals surface area (Å²) in [7, 11) is 0. The minimum atomic E-state index is -0.983. The average molecular weight is 347 g/mol. The quantitative estimate of drug-likeness (QED) is 0.790. The molecule has 1 aliphatic heterocycles. The van der Waals surface area contributed by atoms with Crippen molar-refractivity contribution in [1.82, 2.24) is 14.5 Å². The summed E-state index contributed by atoms with van der Waals surface area (Å²) in [5.74, 6) is -1.26. The lowest BCUT2D eigenvalue weighted by molar-refractivity contribution is -0.142. The van der Waals surface area contributed by atoms with Crippen molar-refractivity contribution in [3.05, 3.63) is 83.9 Å². The van der Waals surface area contributed by atoms with Crippen LogP contribution in [0.15, 0.2) is 67.3 Å². The maximum Gasteiger partial charge on any atom is 0.326 e. The van der Waals surface area contributed by atoms with Crippen molar-refractivity contribution in [2.45, 2.75) is 19.0 Å². The number of rotatable bonds is 3. The summed E-state index contributed by atoms with van der Waals surface area (Å²) in [6, 6.07) is 13.9. The molecule has 130 valence electrons. The predicted octanol–water partition coefficient (Wildman–Crippen LogP) is 2.52. The van der Waals surface area contributed by atoms with Crippen molar-refractivity contribution in [2.24, 2.45) is 0 Å². The molecule has 0 radical (unpaired) electrons. The Hall–Kier alpha value is -3.41. The van der Waals surface area contributed by atoms with E-state index in [1.165, 1.54) is 4.90 Å². The number of hydrogen-bond acceptors (Lipinski definition) is 3. The second-order valence-electron chi connectivity index (χ2n) is 6.28. The lowest BCUT2D eigenvalue weighted by atomic mass is 9.93. The number of fused-ring (bicyclic) bond motifs is 1. The number of hydrogen-bond donors (Lipinski definition) is 1. The van der Waals surface area contributed by atoms with Gasteiger partial charge in [0, 0.05) is 36.6 Å². The van der Waals surface area contributed by atoms with Crippen molar-refractivity contribution < 1.29 is 14.7 Å². The van der Waals surface area contributed by atoms with Gasteiger partial charge in [0.25, 0.3) is 5.91 Å². The predicted molar refractivity (Wildman–Crippen MR) is 95.0 cm³/mol. The monoisotopic (exact) mass is 347 g/mol. The summed E-state index contributed by atoms with van der Waals surface area (Å²) < 4.78 is 1.84.